The van der Waals surface area contributed by atoms with Crippen molar-refractivity contribution in [2.24, 2.45) is 10.8 Å². The minimum atomic E-state index is 0.196. The minimum absolute atomic E-state index is 0.196. The van der Waals surface area contributed by atoms with Crippen molar-refractivity contribution in [1.82, 2.24) is 9.88 Å². The number of aromatic nitrogens is 1. The molecule has 1 aliphatic carbocycles. The molecule has 2 aromatic rings. The van der Waals surface area contributed by atoms with Gasteiger partial charge in [-0.25, -0.2) is 0 Å². The summed E-state index contributed by atoms with van der Waals surface area (Å²) in [7, 11) is 0. The van der Waals surface area contributed by atoms with Gasteiger partial charge in [0.15, 0.2) is 5.43 Å². The lowest BCUT2D eigenvalue weighted by molar-refractivity contribution is 0.122. The van der Waals surface area contributed by atoms with E-state index in [9.17, 15) is 4.79 Å². The number of likely N-dealkylation sites (tertiary alicyclic amines) is 1. The van der Waals surface area contributed by atoms with E-state index in [2.05, 4.69) is 60.7 Å². The number of morpholine rings is 1. The van der Waals surface area contributed by atoms with Gasteiger partial charge in [0.2, 0.25) is 0 Å². The quantitative estimate of drug-likeness (QED) is 0.830. The summed E-state index contributed by atoms with van der Waals surface area (Å²) in [5, 5.41) is 0.813. The fraction of sp³-hybridized carbons (Fsp3) is 0.640. The normalized spacial score (nSPS) is 28.9. The van der Waals surface area contributed by atoms with Gasteiger partial charge in [0.1, 0.15) is 0 Å². The van der Waals surface area contributed by atoms with Crippen molar-refractivity contribution in [2.45, 2.75) is 59.5 Å². The minimum Gasteiger partial charge on any atom is -0.378 e. The van der Waals surface area contributed by atoms with E-state index in [4.69, 9.17) is 4.74 Å². The SMILES string of the molecule is Cc1[nH]c2ccc(N3CCOCC3)cc2c(=O)c1CN1CC2(C)CC1CC(C)(C)C2. The van der Waals surface area contributed by atoms with Gasteiger partial charge >= 0.3 is 0 Å². The van der Waals surface area contributed by atoms with Gasteiger partial charge in [0, 0.05) is 60.1 Å². The van der Waals surface area contributed by atoms with Crippen LogP contribution in [0, 0.1) is 17.8 Å². The zero-order chi connectivity index (χ0) is 21.1. The number of pyridine rings is 1. The van der Waals surface area contributed by atoms with Gasteiger partial charge in [0.25, 0.3) is 0 Å². The number of aryl methyl sites for hydroxylation is 1. The van der Waals surface area contributed by atoms with Crippen molar-refractivity contribution in [3.05, 3.63) is 39.7 Å². The molecule has 5 heteroatoms. The predicted octanol–water partition coefficient (Wildman–Crippen LogP) is 4.07. The van der Waals surface area contributed by atoms with E-state index in [1.54, 1.807) is 0 Å². The van der Waals surface area contributed by atoms with Gasteiger partial charge in [-0.15, -0.1) is 0 Å². The van der Waals surface area contributed by atoms with Crippen molar-refractivity contribution in [1.29, 1.82) is 0 Å². The van der Waals surface area contributed by atoms with Gasteiger partial charge in [0.05, 0.1) is 13.2 Å². The van der Waals surface area contributed by atoms with Crippen molar-refractivity contribution in [3.63, 3.8) is 0 Å². The van der Waals surface area contributed by atoms with E-state index in [1.165, 1.54) is 19.3 Å². The number of rotatable bonds is 3. The number of ether oxygens (including phenoxy) is 1. The summed E-state index contributed by atoms with van der Waals surface area (Å²) in [6.07, 6.45) is 3.78. The third-order valence-corrected chi connectivity index (χ3v) is 7.56. The van der Waals surface area contributed by atoms with Crippen LogP contribution in [0.25, 0.3) is 10.9 Å². The average Bonchev–Trinajstić information content (AvgIpc) is 2.93. The van der Waals surface area contributed by atoms with Gasteiger partial charge in [-0.3, -0.25) is 9.69 Å². The zero-order valence-corrected chi connectivity index (χ0v) is 18.9. The molecule has 1 N–H and O–H groups in total. The van der Waals surface area contributed by atoms with Gasteiger partial charge in [-0.2, -0.15) is 0 Å². The Balaban J connectivity index is 1.48. The first-order valence-corrected chi connectivity index (χ1v) is 11.5. The standard InChI is InChI=1S/C25H35N3O2/c1-17-21(14-28-16-25(4)13-19(28)12-24(2,3)15-25)23(29)20-11-18(5-6-22(20)26-17)27-7-9-30-10-8-27/h5-6,11,19H,7-10,12-16H2,1-4H3,(H,26,29). The van der Waals surface area contributed by atoms with Crippen LogP contribution in [0.5, 0.6) is 0 Å². The maximum atomic E-state index is 13.6. The summed E-state index contributed by atoms with van der Waals surface area (Å²) in [5.41, 5.74) is 4.98. The molecule has 1 saturated carbocycles. The molecule has 0 amide bonds. The van der Waals surface area contributed by atoms with Crippen LogP contribution in [-0.4, -0.2) is 48.8 Å². The van der Waals surface area contributed by atoms with Crippen LogP contribution in [0.3, 0.4) is 0 Å². The van der Waals surface area contributed by atoms with E-state index < -0.39 is 0 Å². The summed E-state index contributed by atoms with van der Waals surface area (Å²) < 4.78 is 5.48. The molecular formula is C25H35N3O2. The molecule has 3 aliphatic rings. The highest BCUT2D eigenvalue weighted by atomic mass is 16.5. The van der Waals surface area contributed by atoms with E-state index in [1.807, 2.05) is 0 Å². The maximum absolute atomic E-state index is 13.6. The van der Waals surface area contributed by atoms with Gasteiger partial charge < -0.3 is 14.6 Å². The lowest BCUT2D eigenvalue weighted by Gasteiger charge is -2.40. The highest BCUT2D eigenvalue weighted by Gasteiger charge is 2.49. The van der Waals surface area contributed by atoms with Crippen molar-refractivity contribution >= 4 is 16.6 Å². The second kappa shape index (κ2) is 7.10. The molecular weight excluding hydrogens is 374 g/mol. The molecule has 0 spiro atoms. The Labute approximate surface area is 179 Å². The van der Waals surface area contributed by atoms with Crippen LogP contribution < -0.4 is 10.3 Å². The third-order valence-electron chi connectivity index (χ3n) is 7.56. The Morgan fingerprint density at radius 2 is 1.93 bits per heavy atom. The van der Waals surface area contributed by atoms with Crippen LogP contribution in [0.15, 0.2) is 23.0 Å². The number of benzene rings is 1. The van der Waals surface area contributed by atoms with E-state index in [0.717, 1.165) is 67.2 Å². The number of nitrogens with one attached hydrogen (secondary N) is 1. The first-order chi connectivity index (χ1) is 14.2. The lowest BCUT2D eigenvalue weighted by atomic mass is 9.65. The number of aromatic amines is 1. The fourth-order valence-corrected chi connectivity index (χ4v) is 6.61. The van der Waals surface area contributed by atoms with Crippen LogP contribution >= 0.6 is 0 Å². The molecule has 1 aromatic carbocycles. The summed E-state index contributed by atoms with van der Waals surface area (Å²) >= 11 is 0. The fourth-order valence-electron chi connectivity index (χ4n) is 6.61. The second-order valence-electron chi connectivity index (χ2n) is 11.0. The maximum Gasteiger partial charge on any atom is 0.194 e. The molecule has 162 valence electrons. The molecule has 2 atom stereocenters. The van der Waals surface area contributed by atoms with Gasteiger partial charge in [-0.05, 0) is 55.2 Å². The molecule has 3 heterocycles. The van der Waals surface area contributed by atoms with Crippen LogP contribution in [0.1, 0.15) is 51.3 Å². The Kier molecular flexibility index (Phi) is 4.75. The van der Waals surface area contributed by atoms with Crippen LogP contribution in [0.4, 0.5) is 5.69 Å². The Morgan fingerprint density at radius 1 is 1.17 bits per heavy atom. The summed E-state index contributed by atoms with van der Waals surface area (Å²) in [6, 6.07) is 6.85. The molecule has 5 rings (SSSR count). The largest absolute Gasteiger partial charge is 0.378 e. The number of hydrogen-bond donors (Lipinski definition) is 1. The van der Waals surface area contributed by atoms with E-state index in [-0.39, 0.29) is 5.43 Å². The Morgan fingerprint density at radius 3 is 2.70 bits per heavy atom. The monoisotopic (exact) mass is 409 g/mol. The molecule has 2 bridgehead atoms. The number of hydrogen-bond acceptors (Lipinski definition) is 4. The summed E-state index contributed by atoms with van der Waals surface area (Å²) in [6.45, 7) is 14.4. The number of fused-ring (bicyclic) bond motifs is 3. The zero-order valence-electron chi connectivity index (χ0n) is 18.9. The van der Waals surface area contributed by atoms with Crippen molar-refractivity contribution in [2.75, 3.05) is 37.7 Å². The highest BCUT2D eigenvalue weighted by Crippen LogP contribution is 2.52. The topological polar surface area (TPSA) is 48.6 Å². The molecule has 2 aliphatic heterocycles. The number of H-pyrrole nitrogens is 1. The Bertz CT molecular complexity index is 1020. The summed E-state index contributed by atoms with van der Waals surface area (Å²) in [5.74, 6) is 0. The number of anilines is 1. The van der Waals surface area contributed by atoms with Crippen molar-refractivity contribution in [3.8, 4) is 0 Å². The molecule has 2 unspecified atom stereocenters. The molecule has 3 fully saturated rings. The summed E-state index contributed by atoms with van der Waals surface area (Å²) in [4.78, 5) is 22.0. The molecule has 30 heavy (non-hydrogen) atoms. The molecule has 2 saturated heterocycles. The molecule has 0 radical (unpaired) electrons. The van der Waals surface area contributed by atoms with Crippen LogP contribution in [-0.2, 0) is 11.3 Å². The van der Waals surface area contributed by atoms with E-state index >= 15 is 0 Å². The van der Waals surface area contributed by atoms with Gasteiger partial charge in [-0.1, -0.05) is 20.8 Å². The Hall–Kier alpha value is -1.85. The lowest BCUT2D eigenvalue weighted by Crippen LogP contribution is -2.36. The molecule has 1 aromatic heterocycles. The number of nitrogens with zero attached hydrogens (tertiary/aromatic N) is 2. The third kappa shape index (κ3) is 3.56. The second-order valence-corrected chi connectivity index (χ2v) is 11.0. The van der Waals surface area contributed by atoms with Crippen LogP contribution in [0.2, 0.25) is 0 Å². The first kappa shape index (κ1) is 20.1. The smallest absolute Gasteiger partial charge is 0.194 e. The average molecular weight is 410 g/mol. The predicted molar refractivity (Wildman–Crippen MR) is 122 cm³/mol. The first-order valence-electron chi connectivity index (χ1n) is 11.5. The highest BCUT2D eigenvalue weighted by molar-refractivity contribution is 5.83. The van der Waals surface area contributed by atoms with E-state index in [0.29, 0.717) is 16.9 Å². The van der Waals surface area contributed by atoms with Crippen molar-refractivity contribution < 1.29 is 4.74 Å². The molecule has 5 nitrogen and oxygen atoms in total.